The van der Waals surface area contributed by atoms with Crippen LogP contribution < -0.4 is 0 Å². The normalized spacial score (nSPS) is 12.0. The Labute approximate surface area is 140 Å². The van der Waals surface area contributed by atoms with E-state index >= 15 is 0 Å². The van der Waals surface area contributed by atoms with Crippen molar-refractivity contribution in [2.45, 2.75) is 0 Å². The van der Waals surface area contributed by atoms with Crippen molar-refractivity contribution >= 4 is 67.6 Å². The lowest BCUT2D eigenvalue weighted by Crippen LogP contribution is -1.90. The summed E-state index contributed by atoms with van der Waals surface area (Å²) in [4.78, 5) is 11.4. The summed E-state index contributed by atoms with van der Waals surface area (Å²) < 4.78 is 0.923. The Bertz CT molecular complexity index is 678. The third-order valence-corrected chi connectivity index (χ3v) is 4.16. The summed E-state index contributed by atoms with van der Waals surface area (Å²) in [7, 11) is 0. The van der Waals surface area contributed by atoms with Gasteiger partial charge >= 0.3 is 0 Å². The standard InChI is InChI=1S/C15H8BrCl3O/c16-10-3-1-9(2-4-10)13(8-20)15(19)12-6-5-11(17)7-14(12)18/h1-8H. The van der Waals surface area contributed by atoms with E-state index in [2.05, 4.69) is 15.9 Å². The lowest BCUT2D eigenvalue weighted by atomic mass is 10.0. The fourth-order valence-electron chi connectivity index (χ4n) is 1.69. The van der Waals surface area contributed by atoms with E-state index in [0.29, 0.717) is 26.2 Å². The summed E-state index contributed by atoms with van der Waals surface area (Å²) in [6.45, 7) is 0. The summed E-state index contributed by atoms with van der Waals surface area (Å²) >= 11 is 21.6. The van der Waals surface area contributed by atoms with Crippen LogP contribution in [0.5, 0.6) is 0 Å². The van der Waals surface area contributed by atoms with E-state index in [9.17, 15) is 4.79 Å². The van der Waals surface area contributed by atoms with Gasteiger partial charge in [-0.05, 0) is 29.8 Å². The molecule has 0 radical (unpaired) electrons. The first kappa shape index (κ1) is 15.6. The van der Waals surface area contributed by atoms with Gasteiger partial charge in [-0.25, -0.2) is 0 Å². The second-order valence-electron chi connectivity index (χ2n) is 3.98. The van der Waals surface area contributed by atoms with Gasteiger partial charge < -0.3 is 0 Å². The Balaban J connectivity index is 2.57. The first-order chi connectivity index (χ1) is 9.52. The minimum Gasteiger partial charge on any atom is -0.298 e. The van der Waals surface area contributed by atoms with Crippen molar-refractivity contribution < 1.29 is 4.79 Å². The zero-order valence-electron chi connectivity index (χ0n) is 10.0. The second kappa shape index (κ2) is 6.77. The molecule has 1 nitrogen and oxygen atoms in total. The molecule has 102 valence electrons. The molecule has 0 aromatic heterocycles. The van der Waals surface area contributed by atoms with Crippen LogP contribution in [0.25, 0.3) is 10.6 Å². The summed E-state index contributed by atoms with van der Waals surface area (Å²) in [5.74, 6) is 0. The Morgan fingerprint density at radius 3 is 2.25 bits per heavy atom. The van der Waals surface area contributed by atoms with Crippen molar-refractivity contribution in [2.75, 3.05) is 0 Å². The number of halogens is 4. The predicted octanol–water partition coefficient (Wildman–Crippen LogP) is 6.06. The molecule has 2 aromatic rings. The monoisotopic (exact) mass is 388 g/mol. The zero-order chi connectivity index (χ0) is 14.7. The molecule has 0 amide bonds. The lowest BCUT2D eigenvalue weighted by Gasteiger charge is -2.08. The number of carbonyl (C=O) groups is 1. The average Bonchev–Trinajstić information content (AvgIpc) is 2.41. The van der Waals surface area contributed by atoms with E-state index in [1.54, 1.807) is 30.3 Å². The smallest absolute Gasteiger partial charge is 0.152 e. The third-order valence-electron chi connectivity index (χ3n) is 2.68. The molecule has 0 bridgehead atoms. The van der Waals surface area contributed by atoms with Crippen LogP contribution in [0, 0.1) is 0 Å². The minimum absolute atomic E-state index is 0.295. The highest BCUT2D eigenvalue weighted by atomic mass is 79.9. The summed E-state index contributed by atoms with van der Waals surface area (Å²) in [6.07, 6.45) is 0.719. The maximum absolute atomic E-state index is 11.4. The maximum Gasteiger partial charge on any atom is 0.152 e. The molecule has 0 aliphatic carbocycles. The number of carbonyl (C=O) groups excluding carboxylic acids is 1. The molecule has 0 N–H and O–H groups in total. The average molecular weight is 390 g/mol. The minimum atomic E-state index is 0.295. The number of benzene rings is 2. The fourth-order valence-corrected chi connectivity index (χ4v) is 2.82. The van der Waals surface area contributed by atoms with Crippen LogP contribution in [0.15, 0.2) is 46.9 Å². The first-order valence-corrected chi connectivity index (χ1v) is 7.52. The third kappa shape index (κ3) is 3.44. The molecule has 0 heterocycles. The SMILES string of the molecule is O=CC(=C(Cl)c1ccc(Cl)cc1Cl)c1ccc(Br)cc1. The van der Waals surface area contributed by atoms with Crippen LogP contribution in [0.1, 0.15) is 11.1 Å². The molecule has 0 spiro atoms. The Morgan fingerprint density at radius 1 is 1.05 bits per heavy atom. The molecule has 2 aromatic carbocycles. The van der Waals surface area contributed by atoms with E-state index in [-0.39, 0.29) is 0 Å². The molecule has 2 rings (SSSR count). The number of hydrogen-bond acceptors (Lipinski definition) is 1. The zero-order valence-corrected chi connectivity index (χ0v) is 13.9. The van der Waals surface area contributed by atoms with E-state index in [4.69, 9.17) is 34.8 Å². The van der Waals surface area contributed by atoms with Crippen molar-refractivity contribution in [1.29, 1.82) is 0 Å². The van der Waals surface area contributed by atoms with Crippen molar-refractivity contribution in [3.8, 4) is 0 Å². The molecule has 0 unspecified atom stereocenters. The van der Waals surface area contributed by atoms with Gasteiger partial charge in [-0.2, -0.15) is 0 Å². The molecule has 5 heteroatoms. The van der Waals surface area contributed by atoms with Gasteiger partial charge in [0.1, 0.15) is 0 Å². The fraction of sp³-hybridized carbons (Fsp3) is 0. The van der Waals surface area contributed by atoms with Crippen LogP contribution >= 0.6 is 50.7 Å². The topological polar surface area (TPSA) is 17.1 Å². The van der Waals surface area contributed by atoms with Crippen LogP contribution in [-0.2, 0) is 4.79 Å². The Kier molecular flexibility index (Phi) is 5.28. The number of rotatable bonds is 3. The highest BCUT2D eigenvalue weighted by Gasteiger charge is 2.12. The highest BCUT2D eigenvalue weighted by Crippen LogP contribution is 2.34. The van der Waals surface area contributed by atoms with Gasteiger partial charge in [0.05, 0.1) is 10.1 Å². The van der Waals surface area contributed by atoms with Crippen LogP contribution in [-0.4, -0.2) is 6.29 Å². The summed E-state index contributed by atoms with van der Waals surface area (Å²) in [6, 6.07) is 12.2. The van der Waals surface area contributed by atoms with Crippen molar-refractivity contribution in [2.24, 2.45) is 0 Å². The van der Waals surface area contributed by atoms with Gasteiger partial charge in [-0.15, -0.1) is 0 Å². The Morgan fingerprint density at radius 2 is 1.70 bits per heavy atom. The molecular formula is C15H8BrCl3O. The van der Waals surface area contributed by atoms with Crippen LogP contribution in [0.2, 0.25) is 10.0 Å². The maximum atomic E-state index is 11.4. The van der Waals surface area contributed by atoms with Gasteiger partial charge in [0.15, 0.2) is 6.29 Å². The van der Waals surface area contributed by atoms with Gasteiger partial charge in [-0.3, -0.25) is 4.79 Å². The van der Waals surface area contributed by atoms with Crippen molar-refractivity contribution in [1.82, 2.24) is 0 Å². The second-order valence-corrected chi connectivity index (χ2v) is 6.11. The lowest BCUT2D eigenvalue weighted by molar-refractivity contribution is -0.103. The van der Waals surface area contributed by atoms with Crippen LogP contribution in [0.4, 0.5) is 0 Å². The van der Waals surface area contributed by atoms with Crippen molar-refractivity contribution in [3.63, 3.8) is 0 Å². The molecular weight excluding hydrogens is 382 g/mol. The van der Waals surface area contributed by atoms with E-state index in [0.717, 1.165) is 16.3 Å². The highest BCUT2D eigenvalue weighted by molar-refractivity contribution is 9.10. The molecule has 0 fully saturated rings. The van der Waals surface area contributed by atoms with Crippen LogP contribution in [0.3, 0.4) is 0 Å². The molecule has 0 atom stereocenters. The number of allylic oxidation sites excluding steroid dienone is 1. The summed E-state index contributed by atoms with van der Waals surface area (Å²) in [5, 5.41) is 1.21. The van der Waals surface area contributed by atoms with Gasteiger partial charge in [0, 0.05) is 20.6 Å². The largest absolute Gasteiger partial charge is 0.298 e. The molecule has 0 saturated carbocycles. The van der Waals surface area contributed by atoms with E-state index in [1.807, 2.05) is 12.1 Å². The summed E-state index contributed by atoms with van der Waals surface area (Å²) in [5.41, 5.74) is 1.67. The van der Waals surface area contributed by atoms with Crippen molar-refractivity contribution in [3.05, 3.63) is 68.1 Å². The molecule has 0 saturated heterocycles. The predicted molar refractivity (Wildman–Crippen MR) is 89.3 cm³/mol. The van der Waals surface area contributed by atoms with Gasteiger partial charge in [0.25, 0.3) is 0 Å². The van der Waals surface area contributed by atoms with E-state index < -0.39 is 0 Å². The Hall–Kier alpha value is -0.800. The number of aldehydes is 1. The molecule has 20 heavy (non-hydrogen) atoms. The molecule has 0 aliphatic rings. The molecule has 0 aliphatic heterocycles. The number of hydrogen-bond donors (Lipinski definition) is 0. The van der Waals surface area contributed by atoms with E-state index in [1.165, 1.54) is 0 Å². The first-order valence-electron chi connectivity index (χ1n) is 5.59. The van der Waals surface area contributed by atoms with Gasteiger partial charge in [0.2, 0.25) is 0 Å². The quantitative estimate of drug-likeness (QED) is 0.354. The van der Waals surface area contributed by atoms with Gasteiger partial charge in [-0.1, -0.05) is 68.9 Å².